The first kappa shape index (κ1) is 9.16. The highest BCUT2D eigenvalue weighted by molar-refractivity contribution is 5.13. The van der Waals surface area contributed by atoms with E-state index in [4.69, 9.17) is 5.73 Å². The van der Waals surface area contributed by atoms with Crippen LogP contribution in [0.15, 0.2) is 24.5 Å². The van der Waals surface area contributed by atoms with E-state index in [9.17, 15) is 0 Å². The van der Waals surface area contributed by atoms with Crippen molar-refractivity contribution in [1.29, 1.82) is 0 Å². The van der Waals surface area contributed by atoms with Crippen molar-refractivity contribution in [1.82, 2.24) is 10.3 Å². The van der Waals surface area contributed by atoms with Crippen LogP contribution in [0.3, 0.4) is 0 Å². The fourth-order valence-electron chi connectivity index (χ4n) is 1.07. The summed E-state index contributed by atoms with van der Waals surface area (Å²) in [7, 11) is 0. The topological polar surface area (TPSA) is 50.9 Å². The van der Waals surface area contributed by atoms with Crippen molar-refractivity contribution in [3.63, 3.8) is 0 Å². The Labute approximate surface area is 73.0 Å². The molecule has 1 rings (SSSR count). The minimum Gasteiger partial charge on any atom is -0.329 e. The van der Waals surface area contributed by atoms with Gasteiger partial charge in [0, 0.05) is 31.5 Å². The number of nitrogens with zero attached hydrogens (tertiary/aromatic N) is 1. The van der Waals surface area contributed by atoms with Crippen LogP contribution in [-0.4, -0.2) is 18.1 Å². The summed E-state index contributed by atoms with van der Waals surface area (Å²) in [6.45, 7) is 3.64. The molecular formula is C9H15N3. The van der Waals surface area contributed by atoms with Crippen LogP contribution in [0.1, 0.15) is 18.5 Å². The molecule has 1 aromatic heterocycles. The lowest BCUT2D eigenvalue weighted by atomic mass is 10.1. The van der Waals surface area contributed by atoms with Crippen molar-refractivity contribution in [3.8, 4) is 0 Å². The first-order chi connectivity index (χ1) is 5.84. The molecule has 1 atom stereocenters. The first-order valence-electron chi connectivity index (χ1n) is 4.18. The van der Waals surface area contributed by atoms with Gasteiger partial charge in [-0.1, -0.05) is 0 Å². The summed E-state index contributed by atoms with van der Waals surface area (Å²) in [5.41, 5.74) is 6.63. The van der Waals surface area contributed by atoms with E-state index in [-0.39, 0.29) is 0 Å². The van der Waals surface area contributed by atoms with E-state index in [1.807, 2.05) is 12.1 Å². The van der Waals surface area contributed by atoms with Gasteiger partial charge < -0.3 is 11.1 Å². The lowest BCUT2D eigenvalue weighted by molar-refractivity contribution is 0.582. The maximum absolute atomic E-state index is 5.38. The number of hydrogen-bond donors (Lipinski definition) is 2. The second kappa shape index (κ2) is 4.85. The highest BCUT2D eigenvalue weighted by Gasteiger charge is 2.01. The van der Waals surface area contributed by atoms with Crippen LogP contribution in [0, 0.1) is 0 Å². The van der Waals surface area contributed by atoms with Crippen LogP contribution in [0.5, 0.6) is 0 Å². The van der Waals surface area contributed by atoms with Gasteiger partial charge in [0.2, 0.25) is 0 Å². The van der Waals surface area contributed by atoms with Crippen molar-refractivity contribution in [2.24, 2.45) is 5.73 Å². The number of nitrogens with two attached hydrogens (primary N) is 1. The predicted octanol–water partition coefficient (Wildman–Crippen LogP) is 0.691. The zero-order valence-electron chi connectivity index (χ0n) is 7.33. The Morgan fingerprint density at radius 3 is 2.75 bits per heavy atom. The zero-order chi connectivity index (χ0) is 8.81. The van der Waals surface area contributed by atoms with E-state index in [1.165, 1.54) is 5.56 Å². The molecular weight excluding hydrogens is 150 g/mol. The van der Waals surface area contributed by atoms with Gasteiger partial charge in [-0.05, 0) is 24.6 Å². The Hall–Kier alpha value is -0.930. The molecule has 12 heavy (non-hydrogen) atoms. The Bertz CT molecular complexity index is 210. The third-order valence-electron chi connectivity index (χ3n) is 1.80. The molecule has 0 saturated carbocycles. The van der Waals surface area contributed by atoms with Crippen molar-refractivity contribution in [3.05, 3.63) is 30.1 Å². The molecule has 3 nitrogen and oxygen atoms in total. The van der Waals surface area contributed by atoms with E-state index >= 15 is 0 Å². The first-order valence-corrected chi connectivity index (χ1v) is 4.18. The van der Waals surface area contributed by atoms with Crippen molar-refractivity contribution >= 4 is 0 Å². The fraction of sp³-hybridized carbons (Fsp3) is 0.444. The van der Waals surface area contributed by atoms with Crippen molar-refractivity contribution in [2.75, 3.05) is 13.1 Å². The maximum atomic E-state index is 5.38. The molecule has 0 bridgehead atoms. The Morgan fingerprint density at radius 2 is 2.17 bits per heavy atom. The third kappa shape index (κ3) is 2.60. The number of hydrogen-bond acceptors (Lipinski definition) is 3. The zero-order valence-corrected chi connectivity index (χ0v) is 7.33. The van der Waals surface area contributed by atoms with Crippen molar-refractivity contribution in [2.45, 2.75) is 13.0 Å². The summed E-state index contributed by atoms with van der Waals surface area (Å²) in [6.07, 6.45) is 3.60. The molecule has 0 radical (unpaired) electrons. The molecule has 0 aromatic carbocycles. The monoisotopic (exact) mass is 165 g/mol. The molecule has 66 valence electrons. The molecule has 0 fully saturated rings. The Balaban J connectivity index is 2.48. The van der Waals surface area contributed by atoms with Gasteiger partial charge in [-0.3, -0.25) is 4.98 Å². The number of nitrogens with one attached hydrogen (secondary N) is 1. The van der Waals surface area contributed by atoms with Gasteiger partial charge in [0.25, 0.3) is 0 Å². The van der Waals surface area contributed by atoms with E-state index in [1.54, 1.807) is 12.4 Å². The van der Waals surface area contributed by atoms with Gasteiger partial charge in [0.05, 0.1) is 0 Å². The second-order valence-electron chi connectivity index (χ2n) is 2.75. The van der Waals surface area contributed by atoms with Crippen molar-refractivity contribution < 1.29 is 0 Å². The average Bonchev–Trinajstić information content (AvgIpc) is 2.15. The van der Waals surface area contributed by atoms with Crippen LogP contribution >= 0.6 is 0 Å². The van der Waals surface area contributed by atoms with E-state index in [2.05, 4.69) is 17.2 Å². The lowest BCUT2D eigenvalue weighted by Crippen LogP contribution is -2.25. The quantitative estimate of drug-likeness (QED) is 0.690. The summed E-state index contributed by atoms with van der Waals surface area (Å²) in [6, 6.07) is 4.37. The van der Waals surface area contributed by atoms with Gasteiger partial charge in [-0.15, -0.1) is 0 Å². The third-order valence-corrected chi connectivity index (χ3v) is 1.80. The predicted molar refractivity (Wildman–Crippen MR) is 49.7 cm³/mol. The van der Waals surface area contributed by atoms with Crippen LogP contribution in [-0.2, 0) is 0 Å². The smallest absolute Gasteiger partial charge is 0.0293 e. The molecule has 0 saturated heterocycles. The summed E-state index contributed by atoms with van der Waals surface area (Å²) in [5, 5.41) is 3.30. The molecule has 0 aliphatic rings. The summed E-state index contributed by atoms with van der Waals surface area (Å²) in [5.74, 6) is 0. The minimum atomic E-state index is 0.358. The fourth-order valence-corrected chi connectivity index (χ4v) is 1.07. The normalized spacial score (nSPS) is 12.8. The summed E-state index contributed by atoms with van der Waals surface area (Å²) >= 11 is 0. The van der Waals surface area contributed by atoms with E-state index < -0.39 is 0 Å². The molecule has 3 N–H and O–H groups in total. The molecule has 1 unspecified atom stereocenters. The molecule has 0 aliphatic heterocycles. The highest BCUT2D eigenvalue weighted by atomic mass is 14.9. The molecule has 1 heterocycles. The molecule has 3 heteroatoms. The van der Waals surface area contributed by atoms with Gasteiger partial charge >= 0.3 is 0 Å². The second-order valence-corrected chi connectivity index (χ2v) is 2.75. The highest BCUT2D eigenvalue weighted by Crippen LogP contribution is 2.08. The van der Waals surface area contributed by atoms with E-state index in [0.29, 0.717) is 12.6 Å². The number of aromatic nitrogens is 1. The Kier molecular flexibility index (Phi) is 3.70. The van der Waals surface area contributed by atoms with Crippen LogP contribution in [0.2, 0.25) is 0 Å². The number of pyridine rings is 1. The molecule has 0 spiro atoms. The van der Waals surface area contributed by atoms with Crippen LogP contribution in [0.25, 0.3) is 0 Å². The maximum Gasteiger partial charge on any atom is 0.0293 e. The summed E-state index contributed by atoms with van der Waals surface area (Å²) < 4.78 is 0. The van der Waals surface area contributed by atoms with E-state index in [0.717, 1.165) is 6.54 Å². The molecule has 0 aliphatic carbocycles. The number of rotatable bonds is 4. The average molecular weight is 165 g/mol. The van der Waals surface area contributed by atoms with Gasteiger partial charge in [-0.2, -0.15) is 0 Å². The minimum absolute atomic E-state index is 0.358. The Morgan fingerprint density at radius 1 is 1.50 bits per heavy atom. The SMILES string of the molecule is CC(NCCN)c1ccncc1. The van der Waals surface area contributed by atoms with Crippen LogP contribution in [0.4, 0.5) is 0 Å². The summed E-state index contributed by atoms with van der Waals surface area (Å²) in [4.78, 5) is 3.96. The van der Waals surface area contributed by atoms with Gasteiger partial charge in [0.15, 0.2) is 0 Å². The van der Waals surface area contributed by atoms with Crippen LogP contribution < -0.4 is 11.1 Å². The molecule has 1 aromatic rings. The lowest BCUT2D eigenvalue weighted by Gasteiger charge is -2.12. The standard InChI is InChI=1S/C9H15N3/c1-8(12-7-4-10)9-2-5-11-6-3-9/h2-3,5-6,8,12H,4,7,10H2,1H3. The van der Waals surface area contributed by atoms with Gasteiger partial charge in [-0.25, -0.2) is 0 Å². The largest absolute Gasteiger partial charge is 0.329 e. The van der Waals surface area contributed by atoms with Gasteiger partial charge in [0.1, 0.15) is 0 Å². The molecule has 0 amide bonds.